The van der Waals surface area contributed by atoms with Crippen LogP contribution >= 0.6 is 0 Å². The van der Waals surface area contributed by atoms with Crippen molar-refractivity contribution in [3.05, 3.63) is 35.9 Å². The van der Waals surface area contributed by atoms with E-state index in [2.05, 4.69) is 10.1 Å². The summed E-state index contributed by atoms with van der Waals surface area (Å²) in [5, 5.41) is 4.03. The lowest BCUT2D eigenvalue weighted by atomic mass is 9.91. The minimum Gasteiger partial charge on any atom is -0.334 e. The lowest BCUT2D eigenvalue weighted by Gasteiger charge is -2.23. The van der Waals surface area contributed by atoms with Gasteiger partial charge in [-0.05, 0) is 31.0 Å². The van der Waals surface area contributed by atoms with Gasteiger partial charge in [-0.1, -0.05) is 36.9 Å². The Balaban J connectivity index is 1.89. The van der Waals surface area contributed by atoms with E-state index in [0.717, 1.165) is 25.7 Å². The van der Waals surface area contributed by atoms with Crippen LogP contribution in [0.25, 0.3) is 11.5 Å². The molecule has 2 aromatic rings. The Hall–Kier alpha value is -1.75. The molecule has 20 heavy (non-hydrogen) atoms. The van der Waals surface area contributed by atoms with Crippen molar-refractivity contribution in [2.45, 2.75) is 44.1 Å². The SMILES string of the molecule is NC1(c2noc(-c3cccc(F)c3)n2)CCCCCC1. The fraction of sp³-hybridized carbons (Fsp3) is 0.467. The number of hydrogen-bond acceptors (Lipinski definition) is 4. The Bertz CT molecular complexity index is 588. The van der Waals surface area contributed by atoms with E-state index in [1.165, 1.54) is 25.0 Å². The fourth-order valence-corrected chi connectivity index (χ4v) is 2.75. The lowest BCUT2D eigenvalue weighted by molar-refractivity contribution is 0.334. The number of halogens is 1. The zero-order valence-corrected chi connectivity index (χ0v) is 11.3. The Morgan fingerprint density at radius 3 is 2.60 bits per heavy atom. The highest BCUT2D eigenvalue weighted by Gasteiger charge is 2.33. The molecule has 0 radical (unpaired) electrons. The van der Waals surface area contributed by atoms with E-state index < -0.39 is 5.54 Å². The Labute approximate surface area is 117 Å². The first-order chi connectivity index (χ1) is 9.67. The maximum atomic E-state index is 13.2. The van der Waals surface area contributed by atoms with Gasteiger partial charge in [0.2, 0.25) is 0 Å². The topological polar surface area (TPSA) is 64.9 Å². The van der Waals surface area contributed by atoms with Gasteiger partial charge < -0.3 is 10.3 Å². The third-order valence-electron chi connectivity index (χ3n) is 3.94. The van der Waals surface area contributed by atoms with Crippen molar-refractivity contribution in [1.29, 1.82) is 0 Å². The van der Waals surface area contributed by atoms with E-state index in [9.17, 15) is 4.39 Å². The summed E-state index contributed by atoms with van der Waals surface area (Å²) >= 11 is 0. The van der Waals surface area contributed by atoms with Gasteiger partial charge in [-0.25, -0.2) is 4.39 Å². The lowest BCUT2D eigenvalue weighted by Crippen LogP contribution is -2.37. The third-order valence-corrected chi connectivity index (χ3v) is 3.94. The van der Waals surface area contributed by atoms with Crippen molar-refractivity contribution in [3.63, 3.8) is 0 Å². The molecule has 1 saturated carbocycles. The van der Waals surface area contributed by atoms with Gasteiger partial charge in [0.1, 0.15) is 5.82 Å². The van der Waals surface area contributed by atoms with Gasteiger partial charge in [0.15, 0.2) is 5.82 Å². The molecule has 1 heterocycles. The molecule has 0 bridgehead atoms. The predicted octanol–water partition coefficient (Wildman–Crippen LogP) is 3.38. The van der Waals surface area contributed by atoms with Gasteiger partial charge in [-0.15, -0.1) is 0 Å². The van der Waals surface area contributed by atoms with E-state index in [4.69, 9.17) is 10.3 Å². The highest BCUT2D eigenvalue weighted by atomic mass is 19.1. The van der Waals surface area contributed by atoms with Crippen LogP contribution in [0.15, 0.2) is 28.8 Å². The first-order valence-corrected chi connectivity index (χ1v) is 7.06. The van der Waals surface area contributed by atoms with Gasteiger partial charge in [0.25, 0.3) is 5.89 Å². The molecule has 2 N–H and O–H groups in total. The van der Waals surface area contributed by atoms with Crippen LogP contribution in [0.5, 0.6) is 0 Å². The van der Waals surface area contributed by atoms with Gasteiger partial charge in [0, 0.05) is 5.56 Å². The van der Waals surface area contributed by atoms with Gasteiger partial charge in [0.05, 0.1) is 5.54 Å². The summed E-state index contributed by atoms with van der Waals surface area (Å²) in [4.78, 5) is 4.39. The first kappa shape index (κ1) is 13.2. The maximum Gasteiger partial charge on any atom is 0.258 e. The van der Waals surface area contributed by atoms with Crippen LogP contribution in [-0.4, -0.2) is 10.1 Å². The van der Waals surface area contributed by atoms with Crippen LogP contribution in [-0.2, 0) is 5.54 Å². The molecule has 1 fully saturated rings. The standard InChI is InChI=1S/C15H18FN3O/c16-12-7-5-6-11(10-12)13-18-14(19-20-13)15(17)8-3-1-2-4-9-15/h5-7,10H,1-4,8-9,17H2. The summed E-state index contributed by atoms with van der Waals surface area (Å²) in [7, 11) is 0. The molecule has 3 rings (SSSR count). The maximum absolute atomic E-state index is 13.2. The van der Waals surface area contributed by atoms with Crippen molar-refractivity contribution in [2.24, 2.45) is 5.73 Å². The number of nitrogens with zero attached hydrogens (tertiary/aromatic N) is 2. The second kappa shape index (κ2) is 5.32. The summed E-state index contributed by atoms with van der Waals surface area (Å²) < 4.78 is 18.5. The summed E-state index contributed by atoms with van der Waals surface area (Å²) in [5.41, 5.74) is 6.52. The van der Waals surface area contributed by atoms with E-state index in [1.807, 2.05) is 0 Å². The minimum atomic E-state index is -0.508. The molecule has 106 valence electrons. The molecule has 1 aliphatic carbocycles. The molecule has 0 unspecified atom stereocenters. The molecule has 1 aliphatic rings. The van der Waals surface area contributed by atoms with Gasteiger partial charge >= 0.3 is 0 Å². The zero-order valence-electron chi connectivity index (χ0n) is 11.3. The fourth-order valence-electron chi connectivity index (χ4n) is 2.75. The smallest absolute Gasteiger partial charge is 0.258 e. The van der Waals surface area contributed by atoms with Crippen LogP contribution in [0.4, 0.5) is 4.39 Å². The van der Waals surface area contributed by atoms with Crippen molar-refractivity contribution in [3.8, 4) is 11.5 Å². The average Bonchev–Trinajstić information content (AvgIpc) is 2.84. The second-order valence-electron chi connectivity index (χ2n) is 5.50. The largest absolute Gasteiger partial charge is 0.334 e. The normalized spacial score (nSPS) is 18.7. The van der Waals surface area contributed by atoms with Crippen LogP contribution < -0.4 is 5.73 Å². The molecular formula is C15H18FN3O. The second-order valence-corrected chi connectivity index (χ2v) is 5.50. The number of hydrogen-bond donors (Lipinski definition) is 1. The molecule has 1 aromatic heterocycles. The van der Waals surface area contributed by atoms with Crippen LogP contribution in [0.1, 0.15) is 44.3 Å². The number of aromatic nitrogens is 2. The Morgan fingerprint density at radius 1 is 1.15 bits per heavy atom. The quantitative estimate of drug-likeness (QED) is 0.853. The summed E-state index contributed by atoms with van der Waals surface area (Å²) in [6, 6.07) is 6.14. The van der Waals surface area contributed by atoms with Crippen molar-refractivity contribution in [1.82, 2.24) is 10.1 Å². The molecule has 1 aromatic carbocycles. The molecule has 0 saturated heterocycles. The van der Waals surface area contributed by atoms with Gasteiger partial charge in [-0.3, -0.25) is 0 Å². The summed E-state index contributed by atoms with van der Waals surface area (Å²) in [6.07, 6.45) is 6.31. The molecule has 0 spiro atoms. The monoisotopic (exact) mass is 275 g/mol. The van der Waals surface area contributed by atoms with Crippen molar-refractivity contribution in [2.75, 3.05) is 0 Å². The third kappa shape index (κ3) is 2.58. The number of nitrogens with two attached hydrogens (primary N) is 1. The first-order valence-electron chi connectivity index (χ1n) is 7.06. The van der Waals surface area contributed by atoms with Crippen LogP contribution in [0, 0.1) is 5.82 Å². The van der Waals surface area contributed by atoms with E-state index in [0.29, 0.717) is 17.3 Å². The highest BCUT2D eigenvalue weighted by Crippen LogP contribution is 2.33. The predicted molar refractivity (Wildman–Crippen MR) is 73.3 cm³/mol. The highest BCUT2D eigenvalue weighted by molar-refractivity contribution is 5.52. The Morgan fingerprint density at radius 2 is 1.90 bits per heavy atom. The average molecular weight is 275 g/mol. The molecule has 5 heteroatoms. The Kier molecular flexibility index (Phi) is 3.53. The molecular weight excluding hydrogens is 257 g/mol. The molecule has 4 nitrogen and oxygen atoms in total. The summed E-state index contributed by atoms with van der Waals surface area (Å²) in [5.74, 6) is 0.548. The molecule has 0 amide bonds. The van der Waals surface area contributed by atoms with Crippen molar-refractivity contribution >= 4 is 0 Å². The molecule has 0 aliphatic heterocycles. The summed E-state index contributed by atoms with van der Waals surface area (Å²) in [6.45, 7) is 0. The van der Waals surface area contributed by atoms with Gasteiger partial charge in [-0.2, -0.15) is 4.98 Å². The number of rotatable bonds is 2. The zero-order chi connectivity index (χ0) is 14.0. The molecule has 0 atom stereocenters. The van der Waals surface area contributed by atoms with Crippen LogP contribution in [0.3, 0.4) is 0 Å². The van der Waals surface area contributed by atoms with Crippen molar-refractivity contribution < 1.29 is 8.91 Å². The van der Waals surface area contributed by atoms with Crippen LogP contribution in [0.2, 0.25) is 0 Å². The number of benzene rings is 1. The van der Waals surface area contributed by atoms with E-state index in [1.54, 1.807) is 12.1 Å². The van der Waals surface area contributed by atoms with E-state index in [-0.39, 0.29) is 5.82 Å². The minimum absolute atomic E-state index is 0.320. The van der Waals surface area contributed by atoms with E-state index >= 15 is 0 Å².